The molecule has 0 aliphatic heterocycles. The van der Waals surface area contributed by atoms with E-state index in [0.29, 0.717) is 29.4 Å². The zero-order valence-electron chi connectivity index (χ0n) is 25.1. The largest absolute Gasteiger partial charge is 0.497 e. The zero-order valence-corrected chi connectivity index (χ0v) is 25.9. The first kappa shape index (κ1) is 31.9. The second-order valence-electron chi connectivity index (χ2n) is 10.8. The molecular weight excluding hydrogens is 566 g/mol. The first-order valence-electron chi connectivity index (χ1n) is 14.7. The summed E-state index contributed by atoms with van der Waals surface area (Å²) in [6, 6.07) is 22.4. The molecule has 1 aliphatic rings. The van der Waals surface area contributed by atoms with Gasteiger partial charge in [0.15, 0.2) is 0 Å². The van der Waals surface area contributed by atoms with Gasteiger partial charge in [-0.1, -0.05) is 56.5 Å². The monoisotopic (exact) mass is 607 g/mol. The molecule has 1 N–H and O–H groups in total. The van der Waals surface area contributed by atoms with Gasteiger partial charge in [-0.25, -0.2) is 8.42 Å². The molecule has 230 valence electrons. The number of nitrogens with one attached hydrogen (secondary N) is 1. The number of para-hydroxylation sites is 1. The van der Waals surface area contributed by atoms with Crippen LogP contribution in [-0.2, 0) is 26.2 Å². The SMILES string of the molecule is CCC(C(=O)NC1CCCCC1)N(Cc1cccc(OC)c1)C(=O)CN(c1ccc(Oc2ccccc2)cc1)S(C)(=O)=O. The molecule has 43 heavy (non-hydrogen) atoms. The number of nitrogens with zero attached hydrogens (tertiary/aromatic N) is 2. The Morgan fingerprint density at radius 1 is 0.907 bits per heavy atom. The lowest BCUT2D eigenvalue weighted by Gasteiger charge is -2.34. The van der Waals surface area contributed by atoms with Gasteiger partial charge < -0.3 is 19.7 Å². The maximum Gasteiger partial charge on any atom is 0.244 e. The quantitative estimate of drug-likeness (QED) is 0.275. The Hall–Kier alpha value is -4.05. The lowest BCUT2D eigenvalue weighted by atomic mass is 9.95. The second kappa shape index (κ2) is 14.9. The van der Waals surface area contributed by atoms with Crippen LogP contribution in [0.25, 0.3) is 0 Å². The summed E-state index contributed by atoms with van der Waals surface area (Å²) in [5.41, 5.74) is 1.09. The highest BCUT2D eigenvalue weighted by Gasteiger charge is 2.33. The summed E-state index contributed by atoms with van der Waals surface area (Å²) in [5.74, 6) is 1.10. The summed E-state index contributed by atoms with van der Waals surface area (Å²) in [6.07, 6.45) is 6.55. The fraction of sp³-hybridized carbons (Fsp3) is 0.394. The minimum absolute atomic E-state index is 0.0770. The highest BCUT2D eigenvalue weighted by Crippen LogP contribution is 2.26. The Balaban J connectivity index is 1.59. The van der Waals surface area contributed by atoms with Gasteiger partial charge in [-0.15, -0.1) is 0 Å². The average molecular weight is 608 g/mol. The van der Waals surface area contributed by atoms with E-state index in [-0.39, 0.29) is 18.5 Å². The van der Waals surface area contributed by atoms with Crippen LogP contribution in [0.5, 0.6) is 17.2 Å². The fourth-order valence-electron chi connectivity index (χ4n) is 5.35. The predicted octanol–water partition coefficient (Wildman–Crippen LogP) is 5.51. The van der Waals surface area contributed by atoms with Crippen LogP contribution in [0.15, 0.2) is 78.9 Å². The molecule has 1 saturated carbocycles. The minimum atomic E-state index is -3.85. The number of amides is 2. The molecule has 0 spiro atoms. The standard InChI is InChI=1S/C33H41N3O6S/c1-4-31(33(38)34-26-13-7-5-8-14-26)35(23-25-12-11-17-30(22-25)41-2)32(37)24-36(43(3,39)40)27-18-20-29(21-19-27)42-28-15-9-6-10-16-28/h6,9-12,15-22,26,31H,4-5,7-8,13-14,23-24H2,1-3H3,(H,34,38). The summed E-state index contributed by atoms with van der Waals surface area (Å²) in [5, 5.41) is 3.15. The van der Waals surface area contributed by atoms with Gasteiger partial charge in [-0.2, -0.15) is 0 Å². The first-order chi connectivity index (χ1) is 20.7. The van der Waals surface area contributed by atoms with E-state index in [1.54, 1.807) is 37.4 Å². The van der Waals surface area contributed by atoms with Gasteiger partial charge in [0.05, 0.1) is 19.1 Å². The number of benzene rings is 3. The van der Waals surface area contributed by atoms with Crippen molar-refractivity contribution in [1.29, 1.82) is 0 Å². The van der Waals surface area contributed by atoms with Crippen molar-refractivity contribution in [2.24, 2.45) is 0 Å². The summed E-state index contributed by atoms with van der Waals surface area (Å²) >= 11 is 0. The molecule has 0 radical (unpaired) electrons. The summed E-state index contributed by atoms with van der Waals surface area (Å²) in [6.45, 7) is 1.51. The number of methoxy groups -OCH3 is 1. The molecule has 0 heterocycles. The van der Waals surface area contributed by atoms with E-state index in [9.17, 15) is 18.0 Å². The van der Waals surface area contributed by atoms with Crippen LogP contribution in [0.2, 0.25) is 0 Å². The lowest BCUT2D eigenvalue weighted by Crippen LogP contribution is -2.53. The van der Waals surface area contributed by atoms with Crippen molar-refractivity contribution in [3.05, 3.63) is 84.4 Å². The van der Waals surface area contributed by atoms with E-state index < -0.39 is 28.5 Å². The van der Waals surface area contributed by atoms with E-state index in [4.69, 9.17) is 9.47 Å². The van der Waals surface area contributed by atoms with Crippen LogP contribution in [0, 0.1) is 0 Å². The second-order valence-corrected chi connectivity index (χ2v) is 12.7. The Morgan fingerprint density at radius 2 is 1.56 bits per heavy atom. The highest BCUT2D eigenvalue weighted by atomic mass is 32.2. The number of ether oxygens (including phenoxy) is 2. The minimum Gasteiger partial charge on any atom is -0.497 e. The first-order valence-corrected chi connectivity index (χ1v) is 16.6. The average Bonchev–Trinajstić information content (AvgIpc) is 3.00. The van der Waals surface area contributed by atoms with Crippen molar-refractivity contribution < 1.29 is 27.5 Å². The topological polar surface area (TPSA) is 105 Å². The summed E-state index contributed by atoms with van der Waals surface area (Å²) in [7, 11) is -2.29. The zero-order chi connectivity index (χ0) is 30.8. The van der Waals surface area contributed by atoms with Crippen molar-refractivity contribution in [3.8, 4) is 17.2 Å². The molecule has 3 aromatic carbocycles. The number of carbonyl (C=O) groups excluding carboxylic acids is 2. The van der Waals surface area contributed by atoms with Gasteiger partial charge in [-0.05, 0) is 73.4 Å². The third-order valence-electron chi connectivity index (χ3n) is 7.61. The Morgan fingerprint density at radius 3 is 2.19 bits per heavy atom. The number of hydrogen-bond donors (Lipinski definition) is 1. The van der Waals surface area contributed by atoms with Gasteiger partial charge in [0.2, 0.25) is 21.8 Å². The van der Waals surface area contributed by atoms with Crippen LogP contribution in [0.1, 0.15) is 51.0 Å². The Labute approximate surface area is 254 Å². The Bertz CT molecular complexity index is 1460. The molecule has 1 fully saturated rings. The van der Waals surface area contributed by atoms with Crippen LogP contribution in [0.3, 0.4) is 0 Å². The normalized spacial score (nSPS) is 14.4. The number of sulfonamides is 1. The molecule has 0 saturated heterocycles. The van der Waals surface area contributed by atoms with Gasteiger partial charge in [-0.3, -0.25) is 13.9 Å². The van der Waals surface area contributed by atoms with E-state index >= 15 is 0 Å². The van der Waals surface area contributed by atoms with E-state index in [0.717, 1.165) is 48.2 Å². The maximum absolute atomic E-state index is 14.0. The molecular formula is C33H41N3O6S. The van der Waals surface area contributed by atoms with E-state index in [2.05, 4.69) is 5.32 Å². The predicted molar refractivity (Wildman–Crippen MR) is 168 cm³/mol. The number of carbonyl (C=O) groups is 2. The van der Waals surface area contributed by atoms with E-state index in [1.807, 2.05) is 55.5 Å². The summed E-state index contributed by atoms with van der Waals surface area (Å²) in [4.78, 5) is 29.1. The number of rotatable bonds is 13. The molecule has 4 rings (SSSR count). The van der Waals surface area contributed by atoms with Crippen LogP contribution < -0.4 is 19.1 Å². The Kier molecular flexibility index (Phi) is 11.1. The van der Waals surface area contributed by atoms with Crippen LogP contribution in [0.4, 0.5) is 5.69 Å². The number of anilines is 1. The van der Waals surface area contributed by atoms with Crippen molar-refractivity contribution in [2.75, 3.05) is 24.2 Å². The summed E-state index contributed by atoms with van der Waals surface area (Å²) < 4.78 is 38.2. The van der Waals surface area contributed by atoms with Crippen molar-refractivity contribution in [2.45, 2.75) is 64.1 Å². The lowest BCUT2D eigenvalue weighted by molar-refractivity contribution is -0.140. The van der Waals surface area contributed by atoms with Gasteiger partial charge >= 0.3 is 0 Å². The van der Waals surface area contributed by atoms with Crippen molar-refractivity contribution in [1.82, 2.24) is 10.2 Å². The third-order valence-corrected chi connectivity index (χ3v) is 8.75. The van der Waals surface area contributed by atoms with E-state index in [1.165, 1.54) is 4.90 Å². The van der Waals surface area contributed by atoms with Crippen LogP contribution in [-0.4, -0.2) is 57.1 Å². The van der Waals surface area contributed by atoms with Crippen LogP contribution >= 0.6 is 0 Å². The molecule has 3 aromatic rings. The molecule has 9 nitrogen and oxygen atoms in total. The van der Waals surface area contributed by atoms with Gasteiger partial charge in [0.1, 0.15) is 29.8 Å². The smallest absolute Gasteiger partial charge is 0.244 e. The molecule has 10 heteroatoms. The molecule has 0 bridgehead atoms. The third kappa shape index (κ3) is 8.97. The van der Waals surface area contributed by atoms with Gasteiger partial charge in [0.25, 0.3) is 0 Å². The molecule has 2 amide bonds. The fourth-order valence-corrected chi connectivity index (χ4v) is 6.20. The van der Waals surface area contributed by atoms with Gasteiger partial charge in [0, 0.05) is 12.6 Å². The van der Waals surface area contributed by atoms with Crippen molar-refractivity contribution in [3.63, 3.8) is 0 Å². The van der Waals surface area contributed by atoms with Crippen molar-refractivity contribution >= 4 is 27.5 Å². The number of hydrogen-bond acceptors (Lipinski definition) is 6. The molecule has 0 aromatic heterocycles. The highest BCUT2D eigenvalue weighted by molar-refractivity contribution is 7.92. The molecule has 1 unspecified atom stereocenters. The molecule has 1 atom stereocenters. The maximum atomic E-state index is 14.0. The molecule has 1 aliphatic carbocycles.